The minimum atomic E-state index is 0.0470. The van der Waals surface area contributed by atoms with Crippen molar-refractivity contribution in [3.05, 3.63) is 29.8 Å². The molecule has 2 nitrogen and oxygen atoms in total. The van der Waals surface area contributed by atoms with Crippen LogP contribution in [0, 0.1) is 6.07 Å². The molecule has 0 bridgehead atoms. The Labute approximate surface area is 72.1 Å². The van der Waals surface area contributed by atoms with E-state index >= 15 is 0 Å². The minimum absolute atomic E-state index is 0.0470. The fraction of sp³-hybridized carbons (Fsp3) is 0.200. The Morgan fingerprint density at radius 3 is 2.92 bits per heavy atom. The van der Waals surface area contributed by atoms with E-state index in [-0.39, 0.29) is 5.75 Å². The third-order valence-corrected chi connectivity index (χ3v) is 1.49. The molecule has 0 fully saturated rings. The highest BCUT2D eigenvalue weighted by molar-refractivity contribution is 5.54. The number of methoxy groups -OCH3 is 1. The van der Waals surface area contributed by atoms with Gasteiger partial charge < -0.3 is 9.84 Å². The average molecular weight is 163 g/mol. The summed E-state index contributed by atoms with van der Waals surface area (Å²) in [4.78, 5) is 0. The fourth-order valence-corrected chi connectivity index (χ4v) is 0.928. The van der Waals surface area contributed by atoms with Crippen molar-refractivity contribution in [3.8, 4) is 11.5 Å². The first-order chi connectivity index (χ1) is 5.77. The van der Waals surface area contributed by atoms with Crippen LogP contribution in [0.1, 0.15) is 12.5 Å². The fourth-order valence-electron chi connectivity index (χ4n) is 0.928. The van der Waals surface area contributed by atoms with Crippen LogP contribution in [0.4, 0.5) is 0 Å². The molecule has 0 saturated carbocycles. The van der Waals surface area contributed by atoms with Crippen LogP contribution in [0.5, 0.6) is 11.5 Å². The van der Waals surface area contributed by atoms with E-state index in [1.165, 1.54) is 7.11 Å². The number of benzene rings is 1. The van der Waals surface area contributed by atoms with Crippen molar-refractivity contribution in [1.82, 2.24) is 0 Å². The molecule has 0 atom stereocenters. The molecular weight excluding hydrogens is 152 g/mol. The summed E-state index contributed by atoms with van der Waals surface area (Å²) >= 11 is 0. The predicted molar refractivity (Wildman–Crippen MR) is 48.2 cm³/mol. The molecule has 0 aliphatic carbocycles. The van der Waals surface area contributed by atoms with Crippen molar-refractivity contribution < 1.29 is 9.84 Å². The third kappa shape index (κ3) is 1.78. The lowest BCUT2D eigenvalue weighted by molar-refractivity contribution is 0.373. The standard InChI is InChI=1S/C10H11O2/c1-3-4-8-5-6-9(11)10(7-8)12-2/h3-5,7,11H,1-2H3. The van der Waals surface area contributed by atoms with Gasteiger partial charge in [0.15, 0.2) is 11.5 Å². The lowest BCUT2D eigenvalue weighted by atomic mass is 10.2. The molecule has 0 heterocycles. The molecule has 12 heavy (non-hydrogen) atoms. The molecule has 1 radical (unpaired) electrons. The Balaban J connectivity index is 3.05. The van der Waals surface area contributed by atoms with Gasteiger partial charge in [-0.3, -0.25) is 0 Å². The monoisotopic (exact) mass is 163 g/mol. The molecule has 0 amide bonds. The minimum Gasteiger partial charge on any atom is -0.504 e. The van der Waals surface area contributed by atoms with Gasteiger partial charge in [-0.2, -0.15) is 0 Å². The summed E-state index contributed by atoms with van der Waals surface area (Å²) in [7, 11) is 1.52. The van der Waals surface area contributed by atoms with Crippen LogP contribution in [0.25, 0.3) is 6.08 Å². The summed E-state index contributed by atoms with van der Waals surface area (Å²) in [6.07, 6.45) is 3.83. The quantitative estimate of drug-likeness (QED) is 0.724. The Bertz CT molecular complexity index is 290. The molecule has 0 aromatic heterocycles. The van der Waals surface area contributed by atoms with Crippen LogP contribution >= 0.6 is 0 Å². The average Bonchev–Trinajstić information content (AvgIpc) is 2.09. The van der Waals surface area contributed by atoms with Crippen LogP contribution in [0.3, 0.4) is 0 Å². The maximum Gasteiger partial charge on any atom is 0.165 e. The zero-order valence-corrected chi connectivity index (χ0v) is 7.16. The number of ether oxygens (including phenoxy) is 1. The molecule has 0 unspecified atom stereocenters. The Morgan fingerprint density at radius 1 is 1.58 bits per heavy atom. The topological polar surface area (TPSA) is 29.5 Å². The van der Waals surface area contributed by atoms with E-state index in [1.54, 1.807) is 12.1 Å². The van der Waals surface area contributed by atoms with Gasteiger partial charge in [-0.15, -0.1) is 0 Å². The predicted octanol–water partition coefficient (Wildman–Crippen LogP) is 2.23. The highest BCUT2D eigenvalue weighted by Gasteiger charge is 1.99. The number of hydrogen-bond donors (Lipinski definition) is 1. The highest BCUT2D eigenvalue weighted by atomic mass is 16.5. The molecule has 63 valence electrons. The Hall–Kier alpha value is -1.44. The summed E-state index contributed by atoms with van der Waals surface area (Å²) in [6.45, 7) is 1.93. The Kier molecular flexibility index (Phi) is 2.75. The van der Waals surface area contributed by atoms with Crippen LogP contribution in [-0.2, 0) is 0 Å². The van der Waals surface area contributed by atoms with E-state index in [2.05, 4.69) is 6.07 Å². The SMILES string of the molecule is CC=Cc1c[c]c(O)c(OC)c1. The number of rotatable bonds is 2. The summed E-state index contributed by atoms with van der Waals surface area (Å²) in [5.74, 6) is 0.497. The summed E-state index contributed by atoms with van der Waals surface area (Å²) in [6, 6.07) is 6.15. The smallest absolute Gasteiger partial charge is 0.165 e. The lowest BCUT2D eigenvalue weighted by Gasteiger charge is -2.02. The number of phenols is 1. The molecule has 1 rings (SSSR count). The van der Waals surface area contributed by atoms with Gasteiger partial charge in [-0.1, -0.05) is 12.2 Å². The van der Waals surface area contributed by atoms with Gasteiger partial charge in [0.2, 0.25) is 0 Å². The Morgan fingerprint density at radius 2 is 2.33 bits per heavy atom. The van der Waals surface area contributed by atoms with Crippen molar-refractivity contribution in [2.24, 2.45) is 0 Å². The van der Waals surface area contributed by atoms with Crippen molar-refractivity contribution in [3.63, 3.8) is 0 Å². The van der Waals surface area contributed by atoms with Crippen LogP contribution in [0.15, 0.2) is 18.2 Å². The van der Waals surface area contributed by atoms with Gasteiger partial charge in [0.05, 0.1) is 7.11 Å². The van der Waals surface area contributed by atoms with E-state index in [9.17, 15) is 5.11 Å². The van der Waals surface area contributed by atoms with Gasteiger partial charge >= 0.3 is 0 Å². The van der Waals surface area contributed by atoms with Gasteiger partial charge in [0.25, 0.3) is 0 Å². The van der Waals surface area contributed by atoms with E-state index in [1.807, 2.05) is 19.1 Å². The number of phenolic OH excluding ortho intramolecular Hbond substituents is 1. The van der Waals surface area contributed by atoms with Crippen molar-refractivity contribution in [2.75, 3.05) is 7.11 Å². The molecule has 0 spiro atoms. The van der Waals surface area contributed by atoms with E-state index < -0.39 is 0 Å². The van der Waals surface area contributed by atoms with Crippen molar-refractivity contribution >= 4 is 6.08 Å². The van der Waals surface area contributed by atoms with Gasteiger partial charge in [-0.05, 0) is 24.6 Å². The molecule has 1 aromatic carbocycles. The number of allylic oxidation sites excluding steroid dienone is 1. The van der Waals surface area contributed by atoms with Crippen molar-refractivity contribution in [2.45, 2.75) is 6.92 Å². The maximum absolute atomic E-state index is 9.20. The van der Waals surface area contributed by atoms with Crippen LogP contribution in [-0.4, -0.2) is 12.2 Å². The molecule has 1 N–H and O–H groups in total. The molecule has 0 aliphatic rings. The second-order valence-corrected chi connectivity index (χ2v) is 2.35. The van der Waals surface area contributed by atoms with Gasteiger partial charge in [0, 0.05) is 6.07 Å². The number of hydrogen-bond acceptors (Lipinski definition) is 2. The third-order valence-electron chi connectivity index (χ3n) is 1.49. The number of aromatic hydroxyl groups is 1. The first-order valence-electron chi connectivity index (χ1n) is 3.69. The van der Waals surface area contributed by atoms with Crippen molar-refractivity contribution in [1.29, 1.82) is 0 Å². The zero-order chi connectivity index (χ0) is 8.97. The van der Waals surface area contributed by atoms with Gasteiger partial charge in [0.1, 0.15) is 0 Å². The molecule has 0 aliphatic heterocycles. The van der Waals surface area contributed by atoms with Gasteiger partial charge in [-0.25, -0.2) is 0 Å². The summed E-state index contributed by atoms with van der Waals surface area (Å²) < 4.78 is 4.92. The summed E-state index contributed by atoms with van der Waals surface area (Å²) in [5, 5.41) is 9.20. The van der Waals surface area contributed by atoms with Crippen LogP contribution < -0.4 is 4.74 Å². The first kappa shape index (κ1) is 8.65. The van der Waals surface area contributed by atoms with Crippen LogP contribution in [0.2, 0.25) is 0 Å². The first-order valence-corrected chi connectivity index (χ1v) is 3.69. The summed E-state index contributed by atoms with van der Waals surface area (Å²) in [5.41, 5.74) is 0.965. The highest BCUT2D eigenvalue weighted by Crippen LogP contribution is 2.25. The molecule has 0 saturated heterocycles. The maximum atomic E-state index is 9.20. The van der Waals surface area contributed by atoms with E-state index in [0.717, 1.165) is 5.56 Å². The largest absolute Gasteiger partial charge is 0.504 e. The molecule has 1 aromatic rings. The lowest BCUT2D eigenvalue weighted by Crippen LogP contribution is -1.84. The zero-order valence-electron chi connectivity index (χ0n) is 7.16. The molecular formula is C10H11O2. The second-order valence-electron chi connectivity index (χ2n) is 2.35. The second kappa shape index (κ2) is 3.81. The molecule has 2 heteroatoms. The normalized spacial score (nSPS) is 10.5. The van der Waals surface area contributed by atoms with E-state index in [4.69, 9.17) is 4.74 Å². The van der Waals surface area contributed by atoms with E-state index in [0.29, 0.717) is 5.75 Å².